The lowest BCUT2D eigenvalue weighted by Gasteiger charge is -2.46. The smallest absolute Gasteiger partial charge is 0.305 e. The maximum atomic E-state index is 10.5. The summed E-state index contributed by atoms with van der Waals surface area (Å²) in [5.74, 6) is 0.0501. The number of likely N-dealkylation sites (tertiary alicyclic amines) is 1. The van der Waals surface area contributed by atoms with Crippen LogP contribution < -0.4 is 0 Å². The minimum Gasteiger partial charge on any atom is -0.481 e. The molecule has 4 nitrogen and oxygen atoms in total. The highest BCUT2D eigenvalue weighted by molar-refractivity contribution is 5.66. The second-order valence-electron chi connectivity index (χ2n) is 7.82. The van der Waals surface area contributed by atoms with E-state index in [4.69, 9.17) is 9.84 Å². The number of carboxylic acids is 1. The summed E-state index contributed by atoms with van der Waals surface area (Å²) in [5, 5.41) is 8.64. The molecule has 4 heteroatoms. The number of nitrogens with zero attached hydrogens (tertiary/aromatic N) is 1. The van der Waals surface area contributed by atoms with Crippen molar-refractivity contribution in [3.05, 3.63) is 0 Å². The first-order chi connectivity index (χ1) is 9.85. The van der Waals surface area contributed by atoms with Crippen molar-refractivity contribution in [3.8, 4) is 0 Å². The van der Waals surface area contributed by atoms with Gasteiger partial charge in [0, 0.05) is 19.1 Å². The molecule has 1 saturated heterocycles. The molecular weight excluding hydrogens is 266 g/mol. The minimum atomic E-state index is -0.772. The third-order valence-electron chi connectivity index (χ3n) is 5.03. The Bertz CT molecular complexity index is 348. The minimum absolute atomic E-state index is 0.120. The first kappa shape index (κ1) is 16.8. The summed E-state index contributed by atoms with van der Waals surface area (Å²) in [5.41, 5.74) is 0.469. The zero-order valence-electron chi connectivity index (χ0n) is 13.8. The van der Waals surface area contributed by atoms with Gasteiger partial charge in [0.2, 0.25) is 0 Å². The highest BCUT2D eigenvalue weighted by atomic mass is 16.5. The molecule has 1 aliphatic heterocycles. The van der Waals surface area contributed by atoms with Gasteiger partial charge in [-0.05, 0) is 43.4 Å². The molecule has 2 unspecified atom stereocenters. The lowest BCUT2D eigenvalue weighted by molar-refractivity contribution is -0.139. The Morgan fingerprint density at radius 1 is 1.29 bits per heavy atom. The molecule has 2 rings (SSSR count). The first-order valence-electron chi connectivity index (χ1n) is 8.43. The molecule has 1 N–H and O–H groups in total. The number of carboxylic acid groups (broad SMARTS) is 1. The van der Waals surface area contributed by atoms with Crippen LogP contribution in [0.3, 0.4) is 0 Å². The van der Waals surface area contributed by atoms with E-state index in [-0.39, 0.29) is 12.5 Å². The molecule has 21 heavy (non-hydrogen) atoms. The topological polar surface area (TPSA) is 49.8 Å². The molecule has 0 bridgehead atoms. The van der Waals surface area contributed by atoms with Crippen LogP contribution in [0.4, 0.5) is 0 Å². The van der Waals surface area contributed by atoms with E-state index in [2.05, 4.69) is 25.7 Å². The maximum Gasteiger partial charge on any atom is 0.305 e. The molecule has 0 aromatic rings. The molecule has 2 aliphatic rings. The summed E-state index contributed by atoms with van der Waals surface area (Å²) >= 11 is 0. The lowest BCUT2D eigenvalue weighted by atomic mass is 9.70. The average Bonchev–Trinajstić information content (AvgIpc) is 2.36. The lowest BCUT2D eigenvalue weighted by Crippen LogP contribution is -2.47. The highest BCUT2D eigenvalue weighted by Gasteiger charge is 2.36. The van der Waals surface area contributed by atoms with Gasteiger partial charge < -0.3 is 14.7 Å². The molecule has 0 aromatic carbocycles. The molecule has 0 radical (unpaired) electrons. The summed E-state index contributed by atoms with van der Waals surface area (Å²) < 4.78 is 5.68. The van der Waals surface area contributed by atoms with Gasteiger partial charge in [-0.3, -0.25) is 4.79 Å². The van der Waals surface area contributed by atoms with Gasteiger partial charge in [0.25, 0.3) is 0 Å². The van der Waals surface area contributed by atoms with Crippen molar-refractivity contribution in [3.63, 3.8) is 0 Å². The molecule has 2 fully saturated rings. The van der Waals surface area contributed by atoms with E-state index in [9.17, 15) is 4.79 Å². The molecule has 1 aliphatic carbocycles. The Morgan fingerprint density at radius 3 is 2.52 bits per heavy atom. The van der Waals surface area contributed by atoms with Gasteiger partial charge in [-0.2, -0.15) is 0 Å². The number of rotatable bonds is 5. The van der Waals surface area contributed by atoms with Crippen LogP contribution in [0.2, 0.25) is 0 Å². The number of carbonyl (C=O) groups is 1. The van der Waals surface area contributed by atoms with E-state index in [1.54, 1.807) is 0 Å². The molecule has 2 atom stereocenters. The number of hydrogen-bond donors (Lipinski definition) is 1. The van der Waals surface area contributed by atoms with Crippen molar-refractivity contribution in [1.29, 1.82) is 0 Å². The van der Waals surface area contributed by atoms with Crippen molar-refractivity contribution < 1.29 is 14.6 Å². The number of aliphatic carboxylic acids is 1. The van der Waals surface area contributed by atoms with Crippen molar-refractivity contribution in [2.24, 2.45) is 11.3 Å². The van der Waals surface area contributed by atoms with E-state index in [1.807, 2.05) is 0 Å². The van der Waals surface area contributed by atoms with Gasteiger partial charge in [0.15, 0.2) is 0 Å². The number of piperidine rings is 1. The highest BCUT2D eigenvalue weighted by Crippen LogP contribution is 2.41. The third kappa shape index (κ3) is 5.26. The monoisotopic (exact) mass is 297 g/mol. The van der Waals surface area contributed by atoms with Crippen LogP contribution in [0.15, 0.2) is 0 Å². The third-order valence-corrected chi connectivity index (χ3v) is 5.03. The molecule has 0 aromatic heterocycles. The molecular formula is C17H31NO3. The van der Waals surface area contributed by atoms with Gasteiger partial charge >= 0.3 is 5.97 Å². The van der Waals surface area contributed by atoms with E-state index in [0.29, 0.717) is 12.0 Å². The van der Waals surface area contributed by atoms with Crippen LogP contribution >= 0.6 is 0 Å². The fraction of sp³-hybridized carbons (Fsp3) is 0.941. The summed E-state index contributed by atoms with van der Waals surface area (Å²) in [6, 6.07) is 0.726. The molecule has 1 heterocycles. The van der Waals surface area contributed by atoms with Crippen LogP contribution in [0, 0.1) is 11.3 Å². The van der Waals surface area contributed by atoms with E-state index >= 15 is 0 Å². The Hall–Kier alpha value is -0.610. The first-order valence-corrected chi connectivity index (χ1v) is 8.43. The van der Waals surface area contributed by atoms with E-state index < -0.39 is 5.97 Å². The Labute approximate surface area is 128 Å². The summed E-state index contributed by atoms with van der Waals surface area (Å²) in [6.45, 7) is 9.74. The van der Waals surface area contributed by atoms with Crippen molar-refractivity contribution >= 4 is 5.97 Å². The predicted octanol–water partition coefficient (Wildman–Crippen LogP) is 3.16. The van der Waals surface area contributed by atoms with Gasteiger partial charge in [-0.15, -0.1) is 0 Å². The molecule has 122 valence electrons. The fourth-order valence-corrected chi connectivity index (χ4v) is 4.29. The van der Waals surface area contributed by atoms with Crippen LogP contribution in [0.25, 0.3) is 0 Å². The van der Waals surface area contributed by atoms with Crippen molar-refractivity contribution in [2.45, 2.75) is 71.4 Å². The molecule has 0 amide bonds. The maximum absolute atomic E-state index is 10.5. The largest absolute Gasteiger partial charge is 0.481 e. The van der Waals surface area contributed by atoms with Crippen LogP contribution in [-0.4, -0.2) is 47.8 Å². The number of ether oxygens (including phenoxy) is 1. The SMILES string of the molecule is CC1CC(N2CCC(OCCC(=O)O)CC2)CC(C)(C)C1. The molecule has 0 spiro atoms. The van der Waals surface area contributed by atoms with Crippen LogP contribution in [-0.2, 0) is 9.53 Å². The Morgan fingerprint density at radius 2 is 1.95 bits per heavy atom. The van der Waals surface area contributed by atoms with Crippen LogP contribution in [0.5, 0.6) is 0 Å². The van der Waals surface area contributed by atoms with Crippen molar-refractivity contribution in [1.82, 2.24) is 4.90 Å². The van der Waals surface area contributed by atoms with Gasteiger partial charge in [0.1, 0.15) is 0 Å². The summed E-state index contributed by atoms with van der Waals surface area (Å²) in [6.07, 6.45) is 6.45. The summed E-state index contributed by atoms with van der Waals surface area (Å²) in [7, 11) is 0. The van der Waals surface area contributed by atoms with Crippen molar-refractivity contribution in [2.75, 3.05) is 19.7 Å². The van der Waals surface area contributed by atoms with E-state index in [0.717, 1.165) is 37.9 Å². The zero-order chi connectivity index (χ0) is 15.5. The molecule has 1 saturated carbocycles. The second-order valence-corrected chi connectivity index (χ2v) is 7.82. The predicted molar refractivity (Wildman–Crippen MR) is 83.4 cm³/mol. The van der Waals surface area contributed by atoms with E-state index in [1.165, 1.54) is 19.3 Å². The van der Waals surface area contributed by atoms with Crippen LogP contribution in [0.1, 0.15) is 59.3 Å². The average molecular weight is 297 g/mol. The number of hydrogen-bond acceptors (Lipinski definition) is 3. The van der Waals surface area contributed by atoms with Gasteiger partial charge in [-0.1, -0.05) is 20.8 Å². The Kier molecular flexibility index (Phi) is 5.67. The van der Waals surface area contributed by atoms with Gasteiger partial charge in [0.05, 0.1) is 19.1 Å². The van der Waals surface area contributed by atoms with Gasteiger partial charge in [-0.25, -0.2) is 0 Å². The second kappa shape index (κ2) is 7.10. The normalized spacial score (nSPS) is 31.2. The zero-order valence-corrected chi connectivity index (χ0v) is 13.8. The standard InChI is InChI=1S/C17H31NO3/c1-13-10-14(12-17(2,3)11-13)18-7-4-15(5-8-18)21-9-6-16(19)20/h13-15H,4-12H2,1-3H3,(H,19,20). The fourth-order valence-electron chi connectivity index (χ4n) is 4.29. The summed E-state index contributed by atoms with van der Waals surface area (Å²) in [4.78, 5) is 13.2. The quantitative estimate of drug-likeness (QED) is 0.847. The Balaban J connectivity index is 1.74.